The number of benzene rings is 1. The highest BCUT2D eigenvalue weighted by Crippen LogP contribution is 2.38. The number of rotatable bonds is 5. The van der Waals surface area contributed by atoms with Gasteiger partial charge in [0.2, 0.25) is 11.8 Å². The third-order valence-corrected chi connectivity index (χ3v) is 3.98. The van der Waals surface area contributed by atoms with E-state index >= 15 is 0 Å². The van der Waals surface area contributed by atoms with Gasteiger partial charge < -0.3 is 8.94 Å². The molecule has 1 aliphatic rings. The lowest BCUT2D eigenvalue weighted by atomic mass is 10.2. The van der Waals surface area contributed by atoms with Crippen LogP contribution in [0.2, 0.25) is 0 Å². The Hall–Kier alpha value is -2.15. The van der Waals surface area contributed by atoms with E-state index in [0.29, 0.717) is 28.7 Å². The highest BCUT2D eigenvalue weighted by atomic mass is 32.2. The molecule has 1 saturated carbocycles. The van der Waals surface area contributed by atoms with E-state index in [-0.39, 0.29) is 0 Å². The van der Waals surface area contributed by atoms with Crippen LogP contribution >= 0.6 is 11.8 Å². The Kier molecular flexibility index (Phi) is 3.19. The Balaban J connectivity index is 1.41. The van der Waals surface area contributed by atoms with Crippen LogP contribution in [0.4, 0.5) is 0 Å². The van der Waals surface area contributed by atoms with Crippen LogP contribution in [0.5, 0.6) is 0 Å². The Morgan fingerprint density at radius 3 is 2.81 bits per heavy atom. The molecule has 6 nitrogen and oxygen atoms in total. The predicted octanol–water partition coefficient (Wildman–Crippen LogP) is 3.29. The highest BCUT2D eigenvalue weighted by Gasteiger charge is 2.28. The minimum absolute atomic E-state index is 0.500. The van der Waals surface area contributed by atoms with Crippen molar-refractivity contribution in [2.45, 2.75) is 29.7 Å². The third-order valence-electron chi connectivity index (χ3n) is 3.17. The van der Waals surface area contributed by atoms with E-state index in [1.807, 2.05) is 30.3 Å². The smallest absolute Gasteiger partial charge is 0.277 e. The van der Waals surface area contributed by atoms with Crippen molar-refractivity contribution in [3.05, 3.63) is 42.0 Å². The van der Waals surface area contributed by atoms with E-state index < -0.39 is 0 Å². The molecule has 1 aliphatic carbocycles. The van der Waals surface area contributed by atoms with Crippen molar-refractivity contribution in [1.82, 2.24) is 20.3 Å². The fourth-order valence-corrected chi connectivity index (χ4v) is 2.52. The van der Waals surface area contributed by atoms with Crippen molar-refractivity contribution >= 4 is 11.8 Å². The average molecular weight is 300 g/mol. The standard InChI is InChI=1S/C14H12N4O2S/c1-2-4-10(5-3-1)13-16-17-14(19-13)21-8-11-15-12(18-20-11)9-6-7-9/h1-5,9H,6-8H2. The second-order valence-electron chi connectivity index (χ2n) is 4.85. The van der Waals surface area contributed by atoms with Crippen LogP contribution in [0, 0.1) is 0 Å². The lowest BCUT2D eigenvalue weighted by molar-refractivity contribution is 0.384. The maximum absolute atomic E-state index is 5.61. The zero-order chi connectivity index (χ0) is 14.1. The zero-order valence-corrected chi connectivity index (χ0v) is 11.9. The number of thioether (sulfide) groups is 1. The Morgan fingerprint density at radius 2 is 2.00 bits per heavy atom. The summed E-state index contributed by atoms with van der Waals surface area (Å²) in [4.78, 5) is 4.36. The van der Waals surface area contributed by atoms with Crippen molar-refractivity contribution < 1.29 is 8.94 Å². The molecule has 1 fully saturated rings. The van der Waals surface area contributed by atoms with Gasteiger partial charge in [0.15, 0.2) is 5.82 Å². The minimum Gasteiger partial charge on any atom is -0.411 e. The molecule has 0 bridgehead atoms. The van der Waals surface area contributed by atoms with Gasteiger partial charge in [-0.05, 0) is 25.0 Å². The molecule has 106 valence electrons. The maximum Gasteiger partial charge on any atom is 0.277 e. The van der Waals surface area contributed by atoms with Crippen LogP contribution < -0.4 is 0 Å². The SMILES string of the molecule is c1ccc(-c2nnc(SCc3nc(C4CC4)no3)o2)cc1. The molecule has 0 atom stereocenters. The van der Waals surface area contributed by atoms with E-state index in [1.54, 1.807) is 0 Å². The molecule has 4 rings (SSSR count). The Morgan fingerprint density at radius 1 is 1.14 bits per heavy atom. The first-order chi connectivity index (χ1) is 10.4. The van der Waals surface area contributed by atoms with Gasteiger partial charge in [0.1, 0.15) is 0 Å². The van der Waals surface area contributed by atoms with Gasteiger partial charge in [-0.3, -0.25) is 0 Å². The minimum atomic E-state index is 0.500. The van der Waals surface area contributed by atoms with Crippen molar-refractivity contribution in [3.63, 3.8) is 0 Å². The highest BCUT2D eigenvalue weighted by molar-refractivity contribution is 7.98. The van der Waals surface area contributed by atoms with Crippen molar-refractivity contribution in [3.8, 4) is 11.5 Å². The van der Waals surface area contributed by atoms with Gasteiger partial charge in [-0.25, -0.2) is 0 Å². The molecule has 0 spiro atoms. The summed E-state index contributed by atoms with van der Waals surface area (Å²) in [5.41, 5.74) is 0.908. The van der Waals surface area contributed by atoms with Crippen LogP contribution in [0.15, 0.2) is 44.5 Å². The molecule has 2 heterocycles. The molecule has 0 aliphatic heterocycles. The van der Waals surface area contributed by atoms with Gasteiger partial charge in [-0.1, -0.05) is 35.1 Å². The number of hydrogen-bond acceptors (Lipinski definition) is 7. The topological polar surface area (TPSA) is 77.8 Å². The molecule has 0 amide bonds. The molecule has 1 aromatic carbocycles. The molecular weight excluding hydrogens is 288 g/mol. The lowest BCUT2D eigenvalue weighted by Crippen LogP contribution is -1.84. The van der Waals surface area contributed by atoms with Gasteiger partial charge in [-0.2, -0.15) is 4.98 Å². The number of aromatic nitrogens is 4. The van der Waals surface area contributed by atoms with Gasteiger partial charge >= 0.3 is 0 Å². The molecular formula is C14H12N4O2S. The van der Waals surface area contributed by atoms with E-state index in [2.05, 4.69) is 20.3 Å². The van der Waals surface area contributed by atoms with Gasteiger partial charge in [0, 0.05) is 11.5 Å². The second kappa shape index (κ2) is 5.33. The summed E-state index contributed by atoms with van der Waals surface area (Å²) in [6, 6.07) is 9.68. The second-order valence-corrected chi connectivity index (χ2v) is 5.78. The summed E-state index contributed by atoms with van der Waals surface area (Å²) in [7, 11) is 0. The molecule has 0 radical (unpaired) electrons. The normalized spacial score (nSPS) is 14.5. The molecule has 2 aromatic heterocycles. The largest absolute Gasteiger partial charge is 0.411 e. The molecule has 7 heteroatoms. The summed E-state index contributed by atoms with van der Waals surface area (Å²) in [5.74, 6) is 2.97. The quantitative estimate of drug-likeness (QED) is 0.669. The first-order valence-electron chi connectivity index (χ1n) is 6.73. The van der Waals surface area contributed by atoms with Crippen LogP contribution in [0.1, 0.15) is 30.5 Å². The summed E-state index contributed by atoms with van der Waals surface area (Å²) >= 11 is 1.40. The van der Waals surface area contributed by atoms with Crippen molar-refractivity contribution in [1.29, 1.82) is 0 Å². The lowest BCUT2D eigenvalue weighted by Gasteiger charge is -1.92. The van der Waals surface area contributed by atoms with E-state index in [9.17, 15) is 0 Å². The van der Waals surface area contributed by atoms with Crippen molar-refractivity contribution in [2.24, 2.45) is 0 Å². The Bertz CT molecular complexity index is 736. The number of nitrogens with zero attached hydrogens (tertiary/aromatic N) is 4. The van der Waals surface area contributed by atoms with Gasteiger partial charge in [-0.15, -0.1) is 10.2 Å². The van der Waals surface area contributed by atoms with E-state index in [4.69, 9.17) is 8.94 Å². The molecule has 0 saturated heterocycles. The van der Waals surface area contributed by atoms with Crippen LogP contribution in [0.3, 0.4) is 0 Å². The predicted molar refractivity (Wildman–Crippen MR) is 75.6 cm³/mol. The Labute approximate surface area is 125 Å². The fraction of sp³-hybridized carbons (Fsp3) is 0.286. The van der Waals surface area contributed by atoms with Gasteiger partial charge in [0.25, 0.3) is 5.22 Å². The van der Waals surface area contributed by atoms with Crippen molar-refractivity contribution in [2.75, 3.05) is 0 Å². The molecule has 3 aromatic rings. The molecule has 21 heavy (non-hydrogen) atoms. The maximum atomic E-state index is 5.61. The number of hydrogen-bond donors (Lipinski definition) is 0. The third kappa shape index (κ3) is 2.82. The molecule has 0 N–H and O–H groups in total. The average Bonchev–Trinajstić information content (AvgIpc) is 3.09. The van der Waals surface area contributed by atoms with E-state index in [1.165, 1.54) is 11.8 Å². The van der Waals surface area contributed by atoms with E-state index in [0.717, 1.165) is 24.2 Å². The molecule has 0 unspecified atom stereocenters. The van der Waals surface area contributed by atoms with Crippen LogP contribution in [-0.4, -0.2) is 20.3 Å². The van der Waals surface area contributed by atoms with Crippen LogP contribution in [-0.2, 0) is 5.75 Å². The van der Waals surface area contributed by atoms with Gasteiger partial charge in [0.05, 0.1) is 5.75 Å². The summed E-state index contributed by atoms with van der Waals surface area (Å²) in [6.45, 7) is 0. The summed E-state index contributed by atoms with van der Waals surface area (Å²) in [6.07, 6.45) is 2.33. The first kappa shape index (κ1) is 12.6. The fourth-order valence-electron chi connectivity index (χ4n) is 1.92. The summed E-state index contributed by atoms with van der Waals surface area (Å²) < 4.78 is 10.8. The first-order valence-corrected chi connectivity index (χ1v) is 7.71. The van der Waals surface area contributed by atoms with Crippen LogP contribution in [0.25, 0.3) is 11.5 Å². The zero-order valence-electron chi connectivity index (χ0n) is 11.1. The summed E-state index contributed by atoms with van der Waals surface area (Å²) in [5, 5.41) is 12.5. The monoisotopic (exact) mass is 300 g/mol.